The highest BCUT2D eigenvalue weighted by atomic mass is 35.5. The van der Waals surface area contributed by atoms with E-state index in [1.54, 1.807) is 20.8 Å². The van der Waals surface area contributed by atoms with E-state index in [9.17, 15) is 28.1 Å². The van der Waals surface area contributed by atoms with Gasteiger partial charge in [-0.3, -0.25) is 15.0 Å². The molecule has 1 N–H and O–H groups in total. The molecule has 0 saturated carbocycles. The van der Waals surface area contributed by atoms with E-state index in [0.29, 0.717) is 17.3 Å². The van der Waals surface area contributed by atoms with Crippen molar-refractivity contribution >= 4 is 29.2 Å². The summed E-state index contributed by atoms with van der Waals surface area (Å²) >= 11 is 5.96. The van der Waals surface area contributed by atoms with E-state index in [-0.39, 0.29) is 36.3 Å². The normalized spacial score (nSPS) is 13.7. The number of carbonyl (C=O) groups is 1. The maximum absolute atomic E-state index is 13.1. The zero-order valence-electron chi connectivity index (χ0n) is 17.3. The molecule has 2 aromatic rings. The van der Waals surface area contributed by atoms with E-state index in [1.807, 2.05) is 0 Å². The van der Waals surface area contributed by atoms with Crippen LogP contribution in [-0.2, 0) is 30.5 Å². The van der Waals surface area contributed by atoms with Crippen molar-refractivity contribution in [1.82, 2.24) is 14.9 Å². The van der Waals surface area contributed by atoms with Gasteiger partial charge in [0, 0.05) is 24.2 Å². The number of nitro benzene ring substituents is 1. The highest BCUT2D eigenvalue weighted by molar-refractivity contribution is 6.28. The molecular weight excluding hydrogens is 455 g/mol. The van der Waals surface area contributed by atoms with Crippen molar-refractivity contribution in [3.05, 3.63) is 56.0 Å². The van der Waals surface area contributed by atoms with E-state index < -0.39 is 34.0 Å². The van der Waals surface area contributed by atoms with Crippen LogP contribution in [0.3, 0.4) is 0 Å². The number of benzene rings is 1. The number of amides is 1. The predicted molar refractivity (Wildman–Crippen MR) is 108 cm³/mol. The second-order valence-electron chi connectivity index (χ2n) is 8.10. The molecule has 0 unspecified atom stereocenters. The van der Waals surface area contributed by atoms with Gasteiger partial charge >= 0.3 is 12.3 Å². The summed E-state index contributed by atoms with van der Waals surface area (Å²) in [6.07, 6.45) is -5.31. The van der Waals surface area contributed by atoms with Crippen molar-refractivity contribution in [3.8, 4) is 0 Å². The van der Waals surface area contributed by atoms with Crippen LogP contribution in [0.2, 0.25) is 5.28 Å². The summed E-state index contributed by atoms with van der Waals surface area (Å²) in [6.45, 7) is 5.21. The van der Waals surface area contributed by atoms with Gasteiger partial charge in [0.2, 0.25) is 5.28 Å². The molecule has 32 heavy (non-hydrogen) atoms. The second kappa shape index (κ2) is 8.41. The molecule has 0 aliphatic carbocycles. The van der Waals surface area contributed by atoms with Gasteiger partial charge < -0.3 is 10.1 Å². The lowest BCUT2D eigenvalue weighted by molar-refractivity contribution is -0.385. The van der Waals surface area contributed by atoms with Crippen LogP contribution in [0.15, 0.2) is 18.2 Å². The van der Waals surface area contributed by atoms with Crippen molar-refractivity contribution in [3.63, 3.8) is 0 Å². The Kier molecular flexibility index (Phi) is 6.18. The number of nitro groups is 1. The number of hydrogen-bond donors (Lipinski definition) is 1. The number of aromatic nitrogens is 2. The molecule has 0 radical (unpaired) electrons. The number of nitrogens with zero attached hydrogens (tertiary/aromatic N) is 4. The summed E-state index contributed by atoms with van der Waals surface area (Å²) in [7, 11) is 0. The first-order chi connectivity index (χ1) is 14.7. The molecule has 172 valence electrons. The fourth-order valence-corrected chi connectivity index (χ4v) is 3.24. The van der Waals surface area contributed by atoms with E-state index in [2.05, 4.69) is 15.3 Å². The lowest BCUT2D eigenvalue weighted by Crippen LogP contribution is -2.33. The summed E-state index contributed by atoms with van der Waals surface area (Å²) in [5.74, 6) is 0.214. The molecule has 3 rings (SSSR count). The van der Waals surface area contributed by atoms with Crippen LogP contribution >= 0.6 is 11.6 Å². The Morgan fingerprint density at radius 3 is 2.53 bits per heavy atom. The first-order valence-corrected chi connectivity index (χ1v) is 9.73. The third-order valence-electron chi connectivity index (χ3n) is 4.38. The summed E-state index contributed by atoms with van der Waals surface area (Å²) in [4.78, 5) is 32.1. The van der Waals surface area contributed by atoms with Gasteiger partial charge in [-0.25, -0.2) is 14.8 Å². The number of nitrogens with one attached hydrogen (secondary N) is 1. The van der Waals surface area contributed by atoms with Crippen LogP contribution in [0.5, 0.6) is 0 Å². The minimum atomic E-state index is -4.74. The Balaban J connectivity index is 1.83. The summed E-state index contributed by atoms with van der Waals surface area (Å²) in [6, 6.07) is 2.33. The highest BCUT2D eigenvalue weighted by Crippen LogP contribution is 2.33. The van der Waals surface area contributed by atoms with Crippen molar-refractivity contribution in [2.75, 3.05) is 5.32 Å². The molecule has 9 nitrogen and oxygen atoms in total. The van der Waals surface area contributed by atoms with E-state index in [0.717, 1.165) is 12.1 Å². The van der Waals surface area contributed by atoms with Gasteiger partial charge in [0.1, 0.15) is 11.4 Å². The first kappa shape index (κ1) is 23.5. The fourth-order valence-electron chi connectivity index (χ4n) is 3.06. The van der Waals surface area contributed by atoms with Gasteiger partial charge in [-0.15, -0.1) is 0 Å². The number of carbonyl (C=O) groups excluding carboxylic acids is 1. The van der Waals surface area contributed by atoms with Crippen LogP contribution in [0.4, 0.5) is 29.5 Å². The third kappa shape index (κ3) is 5.55. The van der Waals surface area contributed by atoms with Gasteiger partial charge in [0.15, 0.2) is 0 Å². The van der Waals surface area contributed by atoms with Crippen LogP contribution in [0.25, 0.3) is 0 Å². The van der Waals surface area contributed by atoms with Crippen LogP contribution in [0, 0.1) is 10.1 Å². The lowest BCUT2D eigenvalue weighted by atomic mass is 10.1. The Hall–Kier alpha value is -3.15. The van der Waals surface area contributed by atoms with E-state index >= 15 is 0 Å². The van der Waals surface area contributed by atoms with Crippen molar-refractivity contribution < 1.29 is 27.6 Å². The first-order valence-electron chi connectivity index (χ1n) is 9.35. The Morgan fingerprint density at radius 2 is 1.94 bits per heavy atom. The van der Waals surface area contributed by atoms with Crippen LogP contribution < -0.4 is 5.32 Å². The van der Waals surface area contributed by atoms with E-state index in [4.69, 9.17) is 16.3 Å². The molecule has 13 heteroatoms. The topological polar surface area (TPSA) is 110 Å². The fraction of sp³-hybridized carbons (Fsp3) is 0.421. The van der Waals surface area contributed by atoms with Gasteiger partial charge in [0.25, 0.3) is 5.69 Å². The van der Waals surface area contributed by atoms with Crippen LogP contribution in [-0.4, -0.2) is 31.5 Å². The van der Waals surface area contributed by atoms with Gasteiger partial charge in [0.05, 0.1) is 29.3 Å². The minimum Gasteiger partial charge on any atom is -0.444 e. The summed E-state index contributed by atoms with van der Waals surface area (Å²) in [5, 5.41) is 13.8. The predicted octanol–water partition coefficient (Wildman–Crippen LogP) is 4.92. The third-order valence-corrected chi connectivity index (χ3v) is 4.55. The van der Waals surface area contributed by atoms with Crippen molar-refractivity contribution in [2.45, 2.75) is 52.2 Å². The molecule has 1 aliphatic heterocycles. The number of rotatable bonds is 4. The summed E-state index contributed by atoms with van der Waals surface area (Å²) < 4.78 is 44.7. The molecule has 2 heterocycles. The molecule has 1 aliphatic rings. The zero-order valence-corrected chi connectivity index (χ0v) is 18.0. The molecule has 0 fully saturated rings. The van der Waals surface area contributed by atoms with E-state index in [1.165, 1.54) is 4.90 Å². The average molecular weight is 474 g/mol. The van der Waals surface area contributed by atoms with Gasteiger partial charge in [-0.1, -0.05) is 0 Å². The average Bonchev–Trinajstić information content (AvgIpc) is 3.08. The largest absolute Gasteiger partial charge is 0.444 e. The molecule has 0 spiro atoms. The maximum Gasteiger partial charge on any atom is 0.416 e. The number of non-ortho nitro benzene ring substituents is 1. The molecule has 1 amide bonds. The number of anilines is 1. The minimum absolute atomic E-state index is 0.0250. The standard InChI is InChI=1S/C19H19ClF3N5O4/c1-18(2,3)32-17(29)27-8-13-14(9-27)25-16(20)26-15(13)24-7-10-4-11(19(21,22)23)6-12(5-10)28(30)31/h4-6H,7-9H2,1-3H3,(H,24,25,26). The van der Waals surface area contributed by atoms with Crippen LogP contribution in [0.1, 0.15) is 43.2 Å². The Bertz CT molecular complexity index is 1070. The molecule has 1 aromatic carbocycles. The van der Waals surface area contributed by atoms with Gasteiger partial charge in [-0.2, -0.15) is 13.2 Å². The number of ether oxygens (including phenoxy) is 1. The SMILES string of the molecule is CC(C)(C)OC(=O)N1Cc2nc(Cl)nc(NCc3cc([N+](=O)[O-])cc(C(F)(F)F)c3)c2C1. The molecule has 0 atom stereocenters. The maximum atomic E-state index is 13.1. The monoisotopic (exact) mass is 473 g/mol. The number of halogens is 4. The molecule has 0 saturated heterocycles. The van der Waals surface area contributed by atoms with Crippen molar-refractivity contribution in [2.24, 2.45) is 0 Å². The quantitative estimate of drug-likeness (QED) is 0.381. The number of fused-ring (bicyclic) bond motifs is 1. The zero-order chi connectivity index (χ0) is 23.8. The Morgan fingerprint density at radius 1 is 1.25 bits per heavy atom. The summed E-state index contributed by atoms with van der Waals surface area (Å²) in [5.41, 5.74) is -1.49. The smallest absolute Gasteiger partial charge is 0.416 e. The molecule has 1 aromatic heterocycles. The Labute approximate surface area is 185 Å². The van der Waals surface area contributed by atoms with Crippen molar-refractivity contribution in [1.29, 1.82) is 0 Å². The lowest BCUT2D eigenvalue weighted by Gasteiger charge is -2.24. The highest BCUT2D eigenvalue weighted by Gasteiger charge is 2.33. The molecule has 0 bridgehead atoms. The number of hydrogen-bond acceptors (Lipinski definition) is 7. The van der Waals surface area contributed by atoms with Gasteiger partial charge in [-0.05, 0) is 44.0 Å². The second-order valence-corrected chi connectivity index (χ2v) is 8.44. The number of alkyl halides is 3. The molecular formula is C19H19ClF3N5O4.